The third-order valence-corrected chi connectivity index (χ3v) is 5.67. The molecule has 1 atom stereocenters. The van der Waals surface area contributed by atoms with Crippen LogP contribution >= 0.6 is 11.8 Å². The molecule has 3 aromatic carbocycles. The van der Waals surface area contributed by atoms with Crippen LogP contribution in [0.4, 0.5) is 0 Å². The highest BCUT2D eigenvalue weighted by Crippen LogP contribution is 2.31. The average molecular weight is 432 g/mol. The summed E-state index contributed by atoms with van der Waals surface area (Å²) in [6.07, 6.45) is 0. The topological polar surface area (TPSA) is 77.2 Å². The van der Waals surface area contributed by atoms with Crippen LogP contribution in [0.1, 0.15) is 12.5 Å². The van der Waals surface area contributed by atoms with Crippen LogP contribution in [-0.2, 0) is 11.4 Å². The molecule has 0 aliphatic heterocycles. The summed E-state index contributed by atoms with van der Waals surface area (Å²) in [5.74, 6) is 0.502. The maximum absolute atomic E-state index is 11.3. The molecule has 0 fully saturated rings. The highest BCUT2D eigenvalue weighted by molar-refractivity contribution is 8.00. The van der Waals surface area contributed by atoms with Crippen molar-refractivity contribution in [1.82, 2.24) is 14.8 Å². The van der Waals surface area contributed by atoms with Gasteiger partial charge in [0.1, 0.15) is 17.6 Å². The van der Waals surface area contributed by atoms with Crippen LogP contribution in [0.25, 0.3) is 17.1 Å². The van der Waals surface area contributed by atoms with Crippen molar-refractivity contribution in [2.45, 2.75) is 23.9 Å². The Balaban J connectivity index is 1.61. The molecule has 31 heavy (non-hydrogen) atoms. The fraction of sp³-hybridized carbons (Fsp3) is 0.125. The number of aromatic nitrogens is 3. The van der Waals surface area contributed by atoms with Crippen molar-refractivity contribution in [2.24, 2.45) is 0 Å². The van der Waals surface area contributed by atoms with Crippen LogP contribution in [0.15, 0.2) is 90.1 Å². The van der Waals surface area contributed by atoms with Crippen molar-refractivity contribution < 1.29 is 14.6 Å². The number of rotatable bonds is 8. The average Bonchev–Trinajstić information content (AvgIpc) is 3.22. The van der Waals surface area contributed by atoms with Gasteiger partial charge in [0.05, 0.1) is 0 Å². The zero-order chi connectivity index (χ0) is 21.6. The quantitative estimate of drug-likeness (QED) is 0.392. The predicted molar refractivity (Wildman–Crippen MR) is 121 cm³/mol. The van der Waals surface area contributed by atoms with Gasteiger partial charge in [-0.25, -0.2) is 0 Å². The molecule has 0 spiro atoms. The van der Waals surface area contributed by atoms with Gasteiger partial charge in [0.15, 0.2) is 11.0 Å². The van der Waals surface area contributed by atoms with E-state index >= 15 is 0 Å². The van der Waals surface area contributed by atoms with E-state index in [0.29, 0.717) is 17.6 Å². The largest absolute Gasteiger partial charge is 0.489 e. The minimum absolute atomic E-state index is 0.494. The monoisotopic (exact) mass is 431 g/mol. The molecule has 0 bridgehead atoms. The van der Waals surface area contributed by atoms with E-state index in [-0.39, 0.29) is 0 Å². The molecule has 4 rings (SSSR count). The number of nitrogens with zero attached hydrogens (tertiary/aromatic N) is 3. The third-order valence-electron chi connectivity index (χ3n) is 4.64. The van der Waals surface area contributed by atoms with Gasteiger partial charge in [0.25, 0.3) is 0 Å². The molecule has 0 aliphatic carbocycles. The van der Waals surface area contributed by atoms with Crippen molar-refractivity contribution in [2.75, 3.05) is 0 Å². The lowest BCUT2D eigenvalue weighted by Gasteiger charge is -2.12. The van der Waals surface area contributed by atoms with Gasteiger partial charge in [0, 0.05) is 11.3 Å². The number of ether oxygens (including phenoxy) is 1. The molecule has 0 unspecified atom stereocenters. The number of carboxylic acids is 1. The van der Waals surface area contributed by atoms with Crippen molar-refractivity contribution in [3.63, 3.8) is 0 Å². The first kappa shape index (κ1) is 20.7. The van der Waals surface area contributed by atoms with Crippen molar-refractivity contribution >= 4 is 17.7 Å². The normalized spacial score (nSPS) is 11.8. The van der Waals surface area contributed by atoms with E-state index in [1.165, 1.54) is 0 Å². The minimum Gasteiger partial charge on any atom is -0.489 e. The number of hydrogen-bond donors (Lipinski definition) is 1. The van der Waals surface area contributed by atoms with Gasteiger partial charge in [-0.1, -0.05) is 60.3 Å². The summed E-state index contributed by atoms with van der Waals surface area (Å²) in [6.45, 7) is 2.13. The lowest BCUT2D eigenvalue weighted by Crippen LogP contribution is -2.12. The Bertz CT molecular complexity index is 1150. The van der Waals surface area contributed by atoms with Gasteiger partial charge in [-0.2, -0.15) is 0 Å². The van der Waals surface area contributed by atoms with Crippen LogP contribution in [0.5, 0.6) is 5.75 Å². The number of para-hydroxylation sites is 1. The van der Waals surface area contributed by atoms with E-state index in [9.17, 15) is 9.90 Å². The van der Waals surface area contributed by atoms with Crippen LogP contribution < -0.4 is 4.74 Å². The molecule has 7 heteroatoms. The zero-order valence-corrected chi connectivity index (χ0v) is 17.7. The smallest absolute Gasteiger partial charge is 0.316 e. The fourth-order valence-corrected chi connectivity index (χ4v) is 3.80. The summed E-state index contributed by atoms with van der Waals surface area (Å²) in [5.41, 5.74) is 2.83. The Hall–Kier alpha value is -3.58. The molecule has 0 aliphatic rings. The van der Waals surface area contributed by atoms with Gasteiger partial charge in [-0.05, 0) is 48.9 Å². The molecule has 1 N–H and O–H groups in total. The minimum atomic E-state index is -0.894. The summed E-state index contributed by atoms with van der Waals surface area (Å²) in [7, 11) is 0. The molecule has 0 saturated carbocycles. The Kier molecular flexibility index (Phi) is 6.33. The number of hydrogen-bond acceptors (Lipinski definition) is 5. The second kappa shape index (κ2) is 9.49. The van der Waals surface area contributed by atoms with E-state index in [1.54, 1.807) is 6.92 Å². The molecule has 0 amide bonds. The Morgan fingerprint density at radius 2 is 1.61 bits per heavy atom. The Labute approximate surface area is 184 Å². The van der Waals surface area contributed by atoms with Crippen LogP contribution in [-0.4, -0.2) is 31.1 Å². The fourth-order valence-electron chi connectivity index (χ4n) is 2.99. The maximum atomic E-state index is 11.3. The summed E-state index contributed by atoms with van der Waals surface area (Å²) < 4.78 is 7.75. The molecule has 1 aromatic heterocycles. The standard InChI is InChI=1S/C24H21N3O3S/c1-17(23(28)29)31-24-26-25-22(27(24)20-10-6-3-7-11-20)19-12-14-21(15-13-19)30-16-18-8-4-2-5-9-18/h2-15,17H,16H2,1H3,(H,28,29)/t17-/m0/s1. The molecule has 156 valence electrons. The summed E-state index contributed by atoms with van der Waals surface area (Å²) in [4.78, 5) is 11.3. The Morgan fingerprint density at radius 3 is 2.26 bits per heavy atom. The molecule has 1 heterocycles. The van der Waals surface area contributed by atoms with Gasteiger partial charge in [-0.3, -0.25) is 9.36 Å². The second-order valence-corrected chi connectivity index (χ2v) is 8.18. The molecule has 0 radical (unpaired) electrons. The second-order valence-electron chi connectivity index (χ2n) is 6.87. The van der Waals surface area contributed by atoms with Crippen molar-refractivity contribution in [3.8, 4) is 22.8 Å². The van der Waals surface area contributed by atoms with Crippen molar-refractivity contribution in [1.29, 1.82) is 0 Å². The predicted octanol–water partition coefficient (Wildman–Crippen LogP) is 5.08. The highest BCUT2D eigenvalue weighted by atomic mass is 32.2. The van der Waals surface area contributed by atoms with E-state index in [4.69, 9.17) is 4.74 Å². The van der Waals surface area contributed by atoms with Gasteiger partial charge >= 0.3 is 5.97 Å². The Morgan fingerprint density at radius 1 is 0.968 bits per heavy atom. The molecule has 0 saturated heterocycles. The van der Waals surface area contributed by atoms with E-state index < -0.39 is 11.2 Å². The molecule has 6 nitrogen and oxygen atoms in total. The molecular formula is C24H21N3O3S. The zero-order valence-electron chi connectivity index (χ0n) is 16.9. The summed E-state index contributed by atoms with van der Waals surface area (Å²) in [6, 6.07) is 27.3. The van der Waals surface area contributed by atoms with E-state index in [2.05, 4.69) is 10.2 Å². The summed E-state index contributed by atoms with van der Waals surface area (Å²) in [5, 5.41) is 17.8. The van der Waals surface area contributed by atoms with E-state index in [0.717, 1.165) is 34.3 Å². The van der Waals surface area contributed by atoms with Gasteiger partial charge in [0.2, 0.25) is 0 Å². The van der Waals surface area contributed by atoms with Gasteiger partial charge in [-0.15, -0.1) is 10.2 Å². The number of carbonyl (C=O) groups is 1. The maximum Gasteiger partial charge on any atom is 0.316 e. The third kappa shape index (κ3) is 4.95. The number of benzene rings is 3. The lowest BCUT2D eigenvalue weighted by atomic mass is 10.2. The number of carboxylic acid groups (broad SMARTS) is 1. The lowest BCUT2D eigenvalue weighted by molar-refractivity contribution is -0.136. The van der Waals surface area contributed by atoms with E-state index in [1.807, 2.05) is 89.5 Å². The first-order valence-corrected chi connectivity index (χ1v) is 10.7. The van der Waals surface area contributed by atoms with Gasteiger partial charge < -0.3 is 9.84 Å². The summed E-state index contributed by atoms with van der Waals surface area (Å²) >= 11 is 1.16. The van der Waals surface area contributed by atoms with Crippen LogP contribution in [0, 0.1) is 0 Å². The SMILES string of the molecule is C[C@H](Sc1nnc(-c2ccc(OCc3ccccc3)cc2)n1-c1ccccc1)C(=O)O. The molecule has 4 aromatic rings. The van der Waals surface area contributed by atoms with Crippen LogP contribution in [0.2, 0.25) is 0 Å². The molecular weight excluding hydrogens is 410 g/mol. The first-order chi connectivity index (χ1) is 15.1. The van der Waals surface area contributed by atoms with Crippen LogP contribution in [0.3, 0.4) is 0 Å². The number of thioether (sulfide) groups is 1. The van der Waals surface area contributed by atoms with Crippen molar-refractivity contribution in [3.05, 3.63) is 90.5 Å². The first-order valence-electron chi connectivity index (χ1n) is 9.79. The number of aliphatic carboxylic acids is 1. The highest BCUT2D eigenvalue weighted by Gasteiger charge is 2.21.